The van der Waals surface area contributed by atoms with E-state index in [0.29, 0.717) is 22.2 Å². The molecule has 0 unspecified atom stereocenters. The average Bonchev–Trinajstić information content (AvgIpc) is 2.62. The number of methoxy groups -OCH3 is 1. The molecule has 0 spiro atoms. The lowest BCUT2D eigenvalue weighted by atomic mass is 10.1. The summed E-state index contributed by atoms with van der Waals surface area (Å²) in [5, 5.41) is 13.6. The van der Waals surface area contributed by atoms with E-state index < -0.39 is 5.56 Å². The zero-order chi connectivity index (χ0) is 19.0. The molecule has 6 heteroatoms. The molecule has 0 saturated heterocycles. The van der Waals surface area contributed by atoms with Gasteiger partial charge in [0, 0.05) is 23.7 Å². The summed E-state index contributed by atoms with van der Waals surface area (Å²) in [5.74, 6) is -0.616. The minimum Gasteiger partial charge on any atom is -0.504 e. The highest BCUT2D eigenvalue weighted by atomic mass is 16.5. The molecule has 1 aromatic heterocycles. The molecule has 2 N–H and O–H groups in total. The van der Waals surface area contributed by atoms with Crippen molar-refractivity contribution >= 4 is 22.5 Å². The third-order valence-electron chi connectivity index (χ3n) is 4.56. The smallest absolute Gasteiger partial charge is 0.297 e. The number of pyridine rings is 1. The first-order valence-corrected chi connectivity index (χ1v) is 8.11. The van der Waals surface area contributed by atoms with Crippen LogP contribution in [0, 0.1) is 13.8 Å². The number of carbonyl (C=O) groups is 1. The number of fused-ring (bicyclic) bond motifs is 1. The van der Waals surface area contributed by atoms with Gasteiger partial charge in [-0.3, -0.25) is 9.59 Å². The predicted octanol–water partition coefficient (Wildman–Crippen LogP) is 3.12. The number of hydrogen-bond donors (Lipinski definition) is 2. The van der Waals surface area contributed by atoms with Crippen molar-refractivity contribution in [1.82, 2.24) is 4.57 Å². The van der Waals surface area contributed by atoms with Crippen LogP contribution >= 0.6 is 0 Å². The fourth-order valence-corrected chi connectivity index (χ4v) is 2.85. The van der Waals surface area contributed by atoms with E-state index in [1.807, 2.05) is 26.0 Å². The van der Waals surface area contributed by atoms with E-state index in [1.165, 1.54) is 11.7 Å². The Morgan fingerprint density at radius 1 is 1.12 bits per heavy atom. The number of hydrogen-bond acceptors (Lipinski definition) is 4. The van der Waals surface area contributed by atoms with E-state index in [4.69, 9.17) is 4.74 Å². The van der Waals surface area contributed by atoms with Crippen LogP contribution < -0.4 is 15.6 Å². The third kappa shape index (κ3) is 2.90. The van der Waals surface area contributed by atoms with Crippen LogP contribution in [-0.4, -0.2) is 22.7 Å². The van der Waals surface area contributed by atoms with Crippen LogP contribution in [0.25, 0.3) is 10.9 Å². The molecule has 0 saturated carbocycles. The topological polar surface area (TPSA) is 80.6 Å². The first-order chi connectivity index (χ1) is 12.3. The lowest BCUT2D eigenvalue weighted by Gasteiger charge is -2.13. The molecule has 0 aliphatic rings. The van der Waals surface area contributed by atoms with Gasteiger partial charge in [-0.15, -0.1) is 0 Å². The minimum absolute atomic E-state index is 0.127. The van der Waals surface area contributed by atoms with Gasteiger partial charge in [-0.2, -0.15) is 0 Å². The molecular formula is C20H20N2O4. The number of nitrogens with one attached hydrogen (secondary N) is 1. The summed E-state index contributed by atoms with van der Waals surface area (Å²) in [4.78, 5) is 24.6. The van der Waals surface area contributed by atoms with Crippen LogP contribution in [0.1, 0.15) is 21.5 Å². The molecule has 6 nitrogen and oxygen atoms in total. The molecule has 0 aliphatic heterocycles. The number of anilines is 1. The van der Waals surface area contributed by atoms with Crippen molar-refractivity contribution in [2.24, 2.45) is 7.05 Å². The molecule has 26 heavy (non-hydrogen) atoms. The van der Waals surface area contributed by atoms with Crippen LogP contribution in [-0.2, 0) is 7.05 Å². The maximum absolute atomic E-state index is 12.5. The number of aryl methyl sites for hydroxylation is 3. The second-order valence-corrected chi connectivity index (χ2v) is 6.23. The van der Waals surface area contributed by atoms with Gasteiger partial charge in [0.05, 0.1) is 12.6 Å². The predicted molar refractivity (Wildman–Crippen MR) is 101 cm³/mol. The lowest BCUT2D eigenvalue weighted by Crippen LogP contribution is -2.19. The van der Waals surface area contributed by atoms with E-state index in [0.717, 1.165) is 11.1 Å². The van der Waals surface area contributed by atoms with Gasteiger partial charge >= 0.3 is 0 Å². The zero-order valence-electron chi connectivity index (χ0n) is 15.1. The highest BCUT2D eigenvalue weighted by Gasteiger charge is 2.16. The summed E-state index contributed by atoms with van der Waals surface area (Å²) >= 11 is 0. The van der Waals surface area contributed by atoms with Gasteiger partial charge in [-0.25, -0.2) is 0 Å². The number of amides is 1. The van der Waals surface area contributed by atoms with Gasteiger partial charge in [0.2, 0.25) is 5.75 Å². The minimum atomic E-state index is -0.426. The monoisotopic (exact) mass is 352 g/mol. The van der Waals surface area contributed by atoms with Crippen molar-refractivity contribution < 1.29 is 14.6 Å². The van der Waals surface area contributed by atoms with E-state index in [1.54, 1.807) is 31.3 Å². The molecule has 1 heterocycles. The maximum Gasteiger partial charge on any atom is 0.297 e. The Kier molecular flexibility index (Phi) is 4.42. The van der Waals surface area contributed by atoms with E-state index in [2.05, 4.69) is 5.32 Å². The number of rotatable bonds is 3. The summed E-state index contributed by atoms with van der Waals surface area (Å²) in [6.07, 6.45) is 0. The summed E-state index contributed by atoms with van der Waals surface area (Å²) in [5.41, 5.74) is 3.33. The number of aromatic hydroxyl groups is 1. The van der Waals surface area contributed by atoms with Crippen LogP contribution in [0.4, 0.5) is 5.69 Å². The Bertz CT molecular complexity index is 1080. The molecule has 3 rings (SSSR count). The van der Waals surface area contributed by atoms with Crippen molar-refractivity contribution in [3.05, 3.63) is 63.4 Å². The van der Waals surface area contributed by atoms with Crippen LogP contribution in [0.5, 0.6) is 11.5 Å². The fourth-order valence-electron chi connectivity index (χ4n) is 2.85. The number of aromatic nitrogens is 1. The highest BCUT2D eigenvalue weighted by molar-refractivity contribution is 6.05. The van der Waals surface area contributed by atoms with Crippen molar-refractivity contribution in [1.29, 1.82) is 0 Å². The molecular weight excluding hydrogens is 332 g/mol. The fraction of sp³-hybridized carbons (Fsp3) is 0.200. The third-order valence-corrected chi connectivity index (χ3v) is 4.56. The van der Waals surface area contributed by atoms with Crippen LogP contribution in [0.2, 0.25) is 0 Å². The van der Waals surface area contributed by atoms with E-state index in [-0.39, 0.29) is 17.4 Å². The first kappa shape index (κ1) is 17.5. The van der Waals surface area contributed by atoms with Crippen LogP contribution in [0.15, 0.2) is 41.2 Å². The molecule has 134 valence electrons. The molecule has 0 radical (unpaired) electrons. The van der Waals surface area contributed by atoms with Crippen molar-refractivity contribution in [2.45, 2.75) is 13.8 Å². The second-order valence-electron chi connectivity index (χ2n) is 6.23. The van der Waals surface area contributed by atoms with Crippen molar-refractivity contribution in [3.63, 3.8) is 0 Å². The van der Waals surface area contributed by atoms with E-state index >= 15 is 0 Å². The molecule has 2 aromatic carbocycles. The summed E-state index contributed by atoms with van der Waals surface area (Å²) in [6, 6.07) is 10.5. The SMILES string of the molecule is COc1c(O)c2cc(NC(=O)c3ccc(C)c(C)c3)ccc2n(C)c1=O. The van der Waals surface area contributed by atoms with Gasteiger partial charge in [-0.1, -0.05) is 6.07 Å². The Balaban J connectivity index is 2.02. The summed E-state index contributed by atoms with van der Waals surface area (Å²) < 4.78 is 6.40. The molecule has 0 aliphatic carbocycles. The van der Waals surface area contributed by atoms with Gasteiger partial charge < -0.3 is 19.7 Å². The quantitative estimate of drug-likeness (QED) is 0.759. The summed E-state index contributed by atoms with van der Waals surface area (Å²) in [6.45, 7) is 3.94. The zero-order valence-corrected chi connectivity index (χ0v) is 15.1. The van der Waals surface area contributed by atoms with Gasteiger partial charge in [0.25, 0.3) is 11.5 Å². The Labute approximate surface area is 150 Å². The standard InChI is InChI=1S/C20H20N2O4/c1-11-5-6-13(9-12(11)2)19(24)21-14-7-8-16-15(10-14)17(23)18(26-4)20(25)22(16)3/h5-10,23H,1-4H3,(H,21,24). The number of carbonyl (C=O) groups excluding carboxylic acids is 1. The highest BCUT2D eigenvalue weighted by Crippen LogP contribution is 2.32. The van der Waals surface area contributed by atoms with Crippen molar-refractivity contribution in [2.75, 3.05) is 12.4 Å². The number of nitrogens with zero attached hydrogens (tertiary/aromatic N) is 1. The average molecular weight is 352 g/mol. The van der Waals surface area contributed by atoms with E-state index in [9.17, 15) is 14.7 Å². The summed E-state index contributed by atoms with van der Waals surface area (Å²) in [7, 11) is 2.92. The largest absolute Gasteiger partial charge is 0.504 e. The number of benzene rings is 2. The molecule has 3 aromatic rings. The van der Waals surface area contributed by atoms with Gasteiger partial charge in [0.1, 0.15) is 0 Å². The molecule has 1 amide bonds. The Hall–Kier alpha value is -3.28. The van der Waals surface area contributed by atoms with Crippen LogP contribution in [0.3, 0.4) is 0 Å². The van der Waals surface area contributed by atoms with Crippen molar-refractivity contribution in [3.8, 4) is 11.5 Å². The molecule has 0 bridgehead atoms. The lowest BCUT2D eigenvalue weighted by molar-refractivity contribution is 0.102. The first-order valence-electron chi connectivity index (χ1n) is 8.11. The molecule has 0 atom stereocenters. The maximum atomic E-state index is 12.5. The Morgan fingerprint density at radius 3 is 2.50 bits per heavy atom. The van der Waals surface area contributed by atoms with Gasteiger partial charge in [-0.05, 0) is 55.3 Å². The Morgan fingerprint density at radius 2 is 1.85 bits per heavy atom. The number of ether oxygens (including phenoxy) is 1. The second kappa shape index (κ2) is 6.55. The normalized spacial score (nSPS) is 10.8. The van der Waals surface area contributed by atoms with Gasteiger partial charge in [0.15, 0.2) is 5.75 Å². The molecule has 0 fully saturated rings.